The SMILES string of the molecule is Cc1c(C(=O)O)c(NC(=O)c2ccc(Cl)cc2Cl)n(C2CCCCC2)c1C. The maximum atomic E-state index is 12.8. The number of aromatic nitrogens is 1. The molecule has 1 heterocycles. The number of carbonyl (C=O) groups is 2. The van der Waals surface area contributed by atoms with E-state index in [4.69, 9.17) is 23.2 Å². The molecule has 144 valence electrons. The molecule has 0 spiro atoms. The molecule has 3 rings (SSSR count). The lowest BCUT2D eigenvalue weighted by molar-refractivity contribution is 0.0697. The summed E-state index contributed by atoms with van der Waals surface area (Å²) >= 11 is 12.1. The zero-order chi connectivity index (χ0) is 19.7. The Kier molecular flexibility index (Phi) is 5.82. The van der Waals surface area contributed by atoms with Crippen molar-refractivity contribution in [1.29, 1.82) is 0 Å². The summed E-state index contributed by atoms with van der Waals surface area (Å²) in [5, 5.41) is 13.2. The number of halogens is 2. The fourth-order valence-electron chi connectivity index (χ4n) is 3.86. The molecule has 1 aromatic carbocycles. The van der Waals surface area contributed by atoms with Crippen molar-refractivity contribution in [3.63, 3.8) is 0 Å². The van der Waals surface area contributed by atoms with Crippen LogP contribution in [0.15, 0.2) is 18.2 Å². The lowest BCUT2D eigenvalue weighted by Gasteiger charge is -2.27. The standard InChI is InChI=1S/C20H22Cl2N2O3/c1-11-12(2)24(14-6-4-3-5-7-14)18(17(11)20(26)27)23-19(25)15-9-8-13(21)10-16(15)22/h8-10,14H,3-7H2,1-2H3,(H,23,25)(H,26,27). The van der Waals surface area contributed by atoms with Gasteiger partial charge in [-0.1, -0.05) is 42.5 Å². The molecule has 2 N–H and O–H groups in total. The van der Waals surface area contributed by atoms with Crippen molar-refractivity contribution in [2.24, 2.45) is 0 Å². The van der Waals surface area contributed by atoms with Gasteiger partial charge in [-0.3, -0.25) is 4.79 Å². The van der Waals surface area contributed by atoms with Crippen molar-refractivity contribution in [3.8, 4) is 0 Å². The third-order valence-electron chi connectivity index (χ3n) is 5.32. The largest absolute Gasteiger partial charge is 0.478 e. The Morgan fingerprint density at radius 3 is 2.41 bits per heavy atom. The van der Waals surface area contributed by atoms with Gasteiger partial charge in [-0.15, -0.1) is 0 Å². The molecule has 5 nitrogen and oxygen atoms in total. The first-order valence-electron chi connectivity index (χ1n) is 9.02. The van der Waals surface area contributed by atoms with Gasteiger partial charge in [-0.25, -0.2) is 4.79 Å². The Labute approximate surface area is 168 Å². The number of amides is 1. The molecule has 1 aliphatic rings. The Hall–Kier alpha value is -1.98. The van der Waals surface area contributed by atoms with Gasteiger partial charge in [0.1, 0.15) is 11.4 Å². The van der Waals surface area contributed by atoms with Crippen molar-refractivity contribution < 1.29 is 14.7 Å². The monoisotopic (exact) mass is 408 g/mol. The summed E-state index contributed by atoms with van der Waals surface area (Å²) in [5.74, 6) is -1.17. The Morgan fingerprint density at radius 2 is 1.81 bits per heavy atom. The second kappa shape index (κ2) is 7.95. The summed E-state index contributed by atoms with van der Waals surface area (Å²) in [6.45, 7) is 3.68. The van der Waals surface area contributed by atoms with Crippen LogP contribution in [-0.4, -0.2) is 21.6 Å². The number of rotatable bonds is 4. The van der Waals surface area contributed by atoms with Crippen LogP contribution in [0.4, 0.5) is 5.82 Å². The number of benzene rings is 1. The van der Waals surface area contributed by atoms with Crippen LogP contribution in [0, 0.1) is 13.8 Å². The first-order chi connectivity index (χ1) is 12.8. The van der Waals surface area contributed by atoms with E-state index in [2.05, 4.69) is 5.32 Å². The Bertz CT molecular complexity index is 899. The molecule has 0 bridgehead atoms. The summed E-state index contributed by atoms with van der Waals surface area (Å²) in [7, 11) is 0. The van der Waals surface area contributed by atoms with Crippen LogP contribution in [-0.2, 0) is 0 Å². The minimum absolute atomic E-state index is 0.136. The molecule has 27 heavy (non-hydrogen) atoms. The third-order valence-corrected chi connectivity index (χ3v) is 5.87. The minimum atomic E-state index is -1.05. The van der Waals surface area contributed by atoms with Gasteiger partial charge in [0.05, 0.1) is 10.6 Å². The smallest absolute Gasteiger partial charge is 0.339 e. The minimum Gasteiger partial charge on any atom is -0.478 e. The number of carbonyl (C=O) groups excluding carboxylic acids is 1. The Morgan fingerprint density at radius 1 is 1.15 bits per heavy atom. The van der Waals surface area contributed by atoms with Gasteiger partial charge in [0.15, 0.2) is 0 Å². The van der Waals surface area contributed by atoms with Crippen molar-refractivity contribution in [1.82, 2.24) is 4.57 Å². The molecule has 1 aliphatic carbocycles. The van der Waals surface area contributed by atoms with E-state index in [-0.39, 0.29) is 22.2 Å². The van der Waals surface area contributed by atoms with E-state index in [1.807, 2.05) is 11.5 Å². The lowest BCUT2D eigenvalue weighted by Crippen LogP contribution is -2.21. The molecule has 1 aromatic heterocycles. The van der Waals surface area contributed by atoms with Gasteiger partial charge in [0.25, 0.3) is 5.91 Å². The van der Waals surface area contributed by atoms with Crippen molar-refractivity contribution in [2.75, 3.05) is 5.32 Å². The van der Waals surface area contributed by atoms with Crippen LogP contribution in [0.2, 0.25) is 10.0 Å². The number of nitrogens with one attached hydrogen (secondary N) is 1. The highest BCUT2D eigenvalue weighted by molar-refractivity contribution is 6.37. The molecule has 1 amide bonds. The van der Waals surface area contributed by atoms with Crippen molar-refractivity contribution in [3.05, 3.63) is 50.6 Å². The van der Waals surface area contributed by atoms with Crippen LogP contribution in [0.5, 0.6) is 0 Å². The summed E-state index contributed by atoms with van der Waals surface area (Å²) in [6.07, 6.45) is 5.32. The van der Waals surface area contributed by atoms with Gasteiger partial charge in [-0.05, 0) is 50.5 Å². The molecular formula is C20H22Cl2N2O3. The topological polar surface area (TPSA) is 71.3 Å². The van der Waals surface area contributed by atoms with E-state index in [1.165, 1.54) is 18.6 Å². The molecule has 1 fully saturated rings. The number of aromatic carboxylic acids is 1. The zero-order valence-corrected chi connectivity index (χ0v) is 16.8. The average molecular weight is 409 g/mol. The molecule has 0 atom stereocenters. The summed E-state index contributed by atoms with van der Waals surface area (Å²) in [6, 6.07) is 4.79. The number of anilines is 1. The van der Waals surface area contributed by atoms with E-state index in [0.717, 1.165) is 31.4 Å². The maximum Gasteiger partial charge on any atom is 0.339 e. The predicted octanol–water partition coefficient (Wildman–Crippen LogP) is 5.87. The van der Waals surface area contributed by atoms with E-state index in [0.29, 0.717) is 16.4 Å². The number of carboxylic acids is 1. The highest BCUT2D eigenvalue weighted by Gasteiger charge is 2.29. The average Bonchev–Trinajstić information content (AvgIpc) is 2.86. The molecule has 1 saturated carbocycles. The fourth-order valence-corrected chi connectivity index (χ4v) is 4.35. The Balaban J connectivity index is 2.05. The third kappa shape index (κ3) is 3.85. The van der Waals surface area contributed by atoms with Crippen LogP contribution >= 0.6 is 23.2 Å². The van der Waals surface area contributed by atoms with Gasteiger partial charge in [0, 0.05) is 16.8 Å². The molecule has 0 unspecified atom stereocenters. The second-order valence-corrected chi connectivity index (χ2v) is 7.82. The van der Waals surface area contributed by atoms with Gasteiger partial charge >= 0.3 is 5.97 Å². The van der Waals surface area contributed by atoms with Crippen molar-refractivity contribution >= 4 is 40.9 Å². The van der Waals surface area contributed by atoms with Crippen LogP contribution < -0.4 is 5.32 Å². The van der Waals surface area contributed by atoms with Crippen LogP contribution in [0.1, 0.15) is 70.1 Å². The number of carboxylic acid groups (broad SMARTS) is 1. The lowest BCUT2D eigenvalue weighted by atomic mass is 9.95. The highest BCUT2D eigenvalue weighted by atomic mass is 35.5. The molecule has 0 saturated heterocycles. The first-order valence-corrected chi connectivity index (χ1v) is 9.78. The zero-order valence-electron chi connectivity index (χ0n) is 15.3. The van der Waals surface area contributed by atoms with E-state index < -0.39 is 11.9 Å². The van der Waals surface area contributed by atoms with Crippen molar-refractivity contribution in [2.45, 2.75) is 52.0 Å². The number of hydrogen-bond acceptors (Lipinski definition) is 2. The normalized spacial score (nSPS) is 15.0. The fraction of sp³-hybridized carbons (Fsp3) is 0.400. The van der Waals surface area contributed by atoms with Gasteiger partial charge in [-0.2, -0.15) is 0 Å². The number of nitrogens with zero attached hydrogens (tertiary/aromatic N) is 1. The second-order valence-electron chi connectivity index (χ2n) is 6.98. The van der Waals surface area contributed by atoms with E-state index >= 15 is 0 Å². The summed E-state index contributed by atoms with van der Waals surface area (Å²) in [5.41, 5.74) is 1.93. The molecular weight excluding hydrogens is 387 g/mol. The van der Waals surface area contributed by atoms with E-state index in [9.17, 15) is 14.7 Å². The summed E-state index contributed by atoms with van der Waals surface area (Å²) < 4.78 is 1.99. The molecule has 7 heteroatoms. The van der Waals surface area contributed by atoms with Crippen LogP contribution in [0.25, 0.3) is 0 Å². The number of hydrogen-bond donors (Lipinski definition) is 2. The maximum absolute atomic E-state index is 12.8. The van der Waals surface area contributed by atoms with E-state index in [1.54, 1.807) is 13.0 Å². The first kappa shape index (κ1) is 19.8. The van der Waals surface area contributed by atoms with Gasteiger partial charge < -0.3 is 15.0 Å². The highest BCUT2D eigenvalue weighted by Crippen LogP contribution is 2.37. The van der Waals surface area contributed by atoms with Crippen LogP contribution in [0.3, 0.4) is 0 Å². The predicted molar refractivity (Wildman–Crippen MR) is 107 cm³/mol. The molecule has 2 aromatic rings. The molecule has 0 radical (unpaired) electrons. The van der Waals surface area contributed by atoms with Gasteiger partial charge in [0.2, 0.25) is 0 Å². The summed E-state index contributed by atoms with van der Waals surface area (Å²) in [4.78, 5) is 24.7. The molecule has 0 aliphatic heterocycles. The quantitative estimate of drug-likeness (QED) is 0.664.